The van der Waals surface area contributed by atoms with Crippen molar-refractivity contribution in [2.45, 2.75) is 0 Å². The number of benzene rings is 2. The fraction of sp³-hybridized carbons (Fsp3) is 0.0625. The van der Waals surface area contributed by atoms with Crippen LogP contribution in [0.1, 0.15) is 10.4 Å². The Morgan fingerprint density at radius 3 is 2.88 bits per heavy atom. The van der Waals surface area contributed by atoms with Gasteiger partial charge in [0.15, 0.2) is 5.82 Å². The number of carboxylic acids is 1. The number of anilines is 2. The van der Waals surface area contributed by atoms with Gasteiger partial charge in [0.05, 0.1) is 28.9 Å². The topological polar surface area (TPSA) is 115 Å². The molecule has 2 aromatic heterocycles. The number of hydrogen-bond donors (Lipinski definition) is 2. The van der Waals surface area contributed by atoms with Crippen LogP contribution in [0.15, 0.2) is 36.4 Å². The molecular weight excluding hydrogens is 360 g/mol. The van der Waals surface area contributed by atoms with Gasteiger partial charge in [-0.3, -0.25) is 0 Å². The van der Waals surface area contributed by atoms with E-state index in [1.807, 2.05) is 24.3 Å². The zero-order valence-corrected chi connectivity index (χ0v) is 14.1. The molecule has 0 saturated heterocycles. The third-order valence-electron chi connectivity index (χ3n) is 3.80. The maximum atomic E-state index is 11.3. The molecule has 0 unspecified atom stereocenters. The monoisotopic (exact) mass is 370 g/mol. The highest BCUT2D eigenvalue weighted by Crippen LogP contribution is 2.33. The Kier molecular flexibility index (Phi) is 3.77. The quantitative estimate of drug-likeness (QED) is 0.563. The van der Waals surface area contributed by atoms with Gasteiger partial charge in [-0.15, -0.1) is 5.10 Å². The highest BCUT2D eigenvalue weighted by Gasteiger charge is 2.17. The van der Waals surface area contributed by atoms with Crippen molar-refractivity contribution in [3.05, 3.63) is 47.0 Å². The van der Waals surface area contributed by atoms with E-state index in [1.165, 1.54) is 19.2 Å². The maximum absolute atomic E-state index is 11.3. The van der Waals surface area contributed by atoms with Crippen LogP contribution >= 0.6 is 11.6 Å². The Hall–Kier alpha value is -3.46. The van der Waals surface area contributed by atoms with Crippen molar-refractivity contribution < 1.29 is 14.6 Å². The van der Waals surface area contributed by atoms with Gasteiger partial charge in [-0.25, -0.2) is 9.78 Å². The van der Waals surface area contributed by atoms with E-state index in [0.717, 1.165) is 5.52 Å². The minimum absolute atomic E-state index is 0.0381. The lowest BCUT2D eigenvalue weighted by molar-refractivity contribution is 0.0693. The molecule has 0 aliphatic heterocycles. The van der Waals surface area contributed by atoms with Gasteiger partial charge in [-0.05, 0) is 28.6 Å². The standard InChI is InChI=1S/C16H11ClN6O3/c1-26-13-7-11(9(17)6-8(13)16(24)25)19-14-15-20-21-22-23(15)12-5-3-2-4-10(12)18-14/h2-7H,1H3,(H,18,19)(H,24,25). The third-order valence-corrected chi connectivity index (χ3v) is 4.11. The highest BCUT2D eigenvalue weighted by atomic mass is 35.5. The molecule has 2 aromatic carbocycles. The Morgan fingerprint density at radius 2 is 2.12 bits per heavy atom. The normalized spacial score (nSPS) is 11.0. The lowest BCUT2D eigenvalue weighted by Gasteiger charge is -2.12. The summed E-state index contributed by atoms with van der Waals surface area (Å²) in [4.78, 5) is 15.8. The second kappa shape index (κ2) is 6.12. The molecule has 0 aliphatic carbocycles. The van der Waals surface area contributed by atoms with Crippen molar-refractivity contribution in [3.8, 4) is 5.75 Å². The average molecular weight is 371 g/mol. The molecule has 4 aromatic rings. The second-order valence-corrected chi connectivity index (χ2v) is 5.73. The number of rotatable bonds is 4. The van der Waals surface area contributed by atoms with Gasteiger partial charge < -0.3 is 15.2 Å². The van der Waals surface area contributed by atoms with Crippen molar-refractivity contribution in [2.75, 3.05) is 12.4 Å². The van der Waals surface area contributed by atoms with Crippen molar-refractivity contribution in [2.24, 2.45) is 0 Å². The SMILES string of the molecule is COc1cc(Nc2nc3ccccc3n3nnnc23)c(Cl)cc1C(=O)O. The molecule has 0 fully saturated rings. The number of ether oxygens (including phenoxy) is 1. The predicted molar refractivity (Wildman–Crippen MR) is 94.3 cm³/mol. The Morgan fingerprint density at radius 1 is 1.31 bits per heavy atom. The molecule has 26 heavy (non-hydrogen) atoms. The first-order valence-electron chi connectivity index (χ1n) is 7.43. The summed E-state index contributed by atoms with van der Waals surface area (Å²) in [7, 11) is 1.38. The smallest absolute Gasteiger partial charge is 0.339 e. The molecular formula is C16H11ClN6O3. The number of tetrazole rings is 1. The molecule has 2 N–H and O–H groups in total. The number of aromatic nitrogens is 5. The first kappa shape index (κ1) is 16.0. The zero-order valence-electron chi connectivity index (χ0n) is 13.3. The largest absolute Gasteiger partial charge is 0.496 e. The fourth-order valence-corrected chi connectivity index (χ4v) is 2.81. The van der Waals surface area contributed by atoms with Crippen molar-refractivity contribution >= 4 is 45.8 Å². The van der Waals surface area contributed by atoms with E-state index in [4.69, 9.17) is 16.3 Å². The van der Waals surface area contributed by atoms with Crippen LogP contribution < -0.4 is 10.1 Å². The first-order valence-corrected chi connectivity index (χ1v) is 7.81. The van der Waals surface area contributed by atoms with Crippen LogP contribution in [0.4, 0.5) is 11.5 Å². The van der Waals surface area contributed by atoms with Gasteiger partial charge in [0, 0.05) is 6.07 Å². The molecule has 2 heterocycles. The van der Waals surface area contributed by atoms with E-state index in [-0.39, 0.29) is 16.3 Å². The molecule has 10 heteroatoms. The van der Waals surface area contributed by atoms with Gasteiger partial charge >= 0.3 is 5.97 Å². The van der Waals surface area contributed by atoms with E-state index in [1.54, 1.807) is 4.52 Å². The van der Waals surface area contributed by atoms with Crippen LogP contribution in [0.25, 0.3) is 16.7 Å². The maximum Gasteiger partial charge on any atom is 0.339 e. The number of para-hydroxylation sites is 2. The number of hydrogen-bond acceptors (Lipinski definition) is 7. The third kappa shape index (κ3) is 2.54. The molecule has 9 nitrogen and oxygen atoms in total. The number of halogens is 1. The van der Waals surface area contributed by atoms with Crippen LogP contribution in [0.2, 0.25) is 5.02 Å². The van der Waals surface area contributed by atoms with Crippen LogP contribution in [0, 0.1) is 0 Å². The first-order chi connectivity index (χ1) is 12.6. The number of nitrogens with zero attached hydrogens (tertiary/aromatic N) is 5. The summed E-state index contributed by atoms with van der Waals surface area (Å²) in [6.07, 6.45) is 0. The predicted octanol–water partition coefficient (Wildman–Crippen LogP) is 2.78. The Bertz CT molecular complexity index is 1160. The molecule has 130 valence electrons. The van der Waals surface area contributed by atoms with Crippen molar-refractivity contribution in [1.29, 1.82) is 0 Å². The molecule has 0 aliphatic rings. The lowest BCUT2D eigenvalue weighted by Crippen LogP contribution is -2.04. The van der Waals surface area contributed by atoms with Crippen LogP contribution in [0.3, 0.4) is 0 Å². The van der Waals surface area contributed by atoms with Crippen LogP contribution in [0.5, 0.6) is 5.75 Å². The summed E-state index contributed by atoms with van der Waals surface area (Å²) in [6.45, 7) is 0. The number of nitrogens with one attached hydrogen (secondary N) is 1. The van der Waals surface area contributed by atoms with Gasteiger partial charge in [-0.1, -0.05) is 23.7 Å². The van der Waals surface area contributed by atoms with E-state index in [0.29, 0.717) is 22.7 Å². The summed E-state index contributed by atoms with van der Waals surface area (Å²) in [5.41, 5.74) is 2.22. The summed E-state index contributed by atoms with van der Waals surface area (Å²) in [5, 5.41) is 24.2. The fourth-order valence-electron chi connectivity index (χ4n) is 2.60. The molecule has 0 bridgehead atoms. The summed E-state index contributed by atoms with van der Waals surface area (Å²) >= 11 is 6.23. The molecule has 0 saturated carbocycles. The van der Waals surface area contributed by atoms with Crippen LogP contribution in [-0.4, -0.2) is 43.2 Å². The number of methoxy groups -OCH3 is 1. The van der Waals surface area contributed by atoms with Gasteiger partial charge in [-0.2, -0.15) is 4.52 Å². The molecule has 0 spiro atoms. The van der Waals surface area contributed by atoms with Crippen molar-refractivity contribution in [3.63, 3.8) is 0 Å². The number of carbonyl (C=O) groups is 1. The number of carboxylic acid groups (broad SMARTS) is 1. The summed E-state index contributed by atoms with van der Waals surface area (Å²) in [6, 6.07) is 10.2. The molecule has 4 rings (SSSR count). The summed E-state index contributed by atoms with van der Waals surface area (Å²) in [5.74, 6) is -0.593. The molecule has 0 atom stereocenters. The van der Waals surface area contributed by atoms with E-state index < -0.39 is 5.97 Å². The second-order valence-electron chi connectivity index (χ2n) is 5.33. The van der Waals surface area contributed by atoms with E-state index in [9.17, 15) is 9.90 Å². The van der Waals surface area contributed by atoms with Gasteiger partial charge in [0.2, 0.25) is 5.65 Å². The minimum Gasteiger partial charge on any atom is -0.496 e. The summed E-state index contributed by atoms with van der Waals surface area (Å²) < 4.78 is 6.69. The highest BCUT2D eigenvalue weighted by molar-refractivity contribution is 6.33. The number of fused-ring (bicyclic) bond motifs is 3. The lowest BCUT2D eigenvalue weighted by atomic mass is 10.1. The Balaban J connectivity index is 1.87. The van der Waals surface area contributed by atoms with E-state index in [2.05, 4.69) is 25.8 Å². The Labute approximate surface area is 151 Å². The van der Waals surface area contributed by atoms with Gasteiger partial charge in [0.25, 0.3) is 0 Å². The van der Waals surface area contributed by atoms with Crippen molar-refractivity contribution in [1.82, 2.24) is 25.0 Å². The number of aromatic carboxylic acids is 1. The minimum atomic E-state index is -1.14. The van der Waals surface area contributed by atoms with Crippen LogP contribution in [-0.2, 0) is 0 Å². The molecule has 0 radical (unpaired) electrons. The average Bonchev–Trinajstić information content (AvgIpc) is 3.13. The van der Waals surface area contributed by atoms with E-state index >= 15 is 0 Å². The van der Waals surface area contributed by atoms with Gasteiger partial charge in [0.1, 0.15) is 11.3 Å². The zero-order chi connectivity index (χ0) is 18.3. The molecule has 0 amide bonds.